The molecule has 0 bridgehead atoms. The van der Waals surface area contributed by atoms with E-state index in [-0.39, 0.29) is 42.0 Å². The minimum Gasteiger partial charge on any atom is -0.465 e. The quantitative estimate of drug-likeness (QED) is 0.0905. The summed E-state index contributed by atoms with van der Waals surface area (Å²) in [6, 6.07) is 21.7. The molecule has 0 radical (unpaired) electrons. The number of esters is 3. The van der Waals surface area contributed by atoms with Crippen LogP contribution in [0.5, 0.6) is 0 Å². The predicted molar refractivity (Wildman–Crippen MR) is 190 cm³/mol. The Kier molecular flexibility index (Phi) is 12.8. The van der Waals surface area contributed by atoms with Gasteiger partial charge in [-0.25, -0.2) is 0 Å². The number of nitrogens with one attached hydrogen (secondary N) is 1. The first-order valence-corrected chi connectivity index (χ1v) is 16.6. The first-order valence-electron chi connectivity index (χ1n) is 16.6. The monoisotopic (exact) mass is 732 g/mol. The van der Waals surface area contributed by atoms with Crippen LogP contribution in [0.4, 0.5) is 18.9 Å². The summed E-state index contributed by atoms with van der Waals surface area (Å²) in [5, 5.41) is 2.72. The Balaban J connectivity index is 1.61. The number of benzene rings is 4. The van der Waals surface area contributed by atoms with Gasteiger partial charge in [-0.3, -0.25) is 24.0 Å². The Bertz CT molecular complexity index is 1970. The molecule has 0 aliphatic heterocycles. The van der Waals surface area contributed by atoms with Gasteiger partial charge in [-0.05, 0) is 78.9 Å². The van der Waals surface area contributed by atoms with Crippen LogP contribution in [-0.2, 0) is 46.6 Å². The van der Waals surface area contributed by atoms with E-state index in [9.17, 15) is 37.1 Å². The van der Waals surface area contributed by atoms with Gasteiger partial charge in [-0.1, -0.05) is 60.7 Å². The van der Waals surface area contributed by atoms with Gasteiger partial charge in [0.1, 0.15) is 6.61 Å². The van der Waals surface area contributed by atoms with Crippen molar-refractivity contribution in [2.75, 3.05) is 39.2 Å². The van der Waals surface area contributed by atoms with Gasteiger partial charge in [0.15, 0.2) is 0 Å². The second-order valence-electron chi connectivity index (χ2n) is 12.2. The maximum atomic E-state index is 13.6. The Morgan fingerprint density at radius 1 is 0.736 bits per heavy atom. The third kappa shape index (κ3) is 9.09. The highest BCUT2D eigenvalue weighted by atomic mass is 19.4. The molecule has 0 atom stereocenters. The molecule has 4 aromatic carbocycles. The molecule has 278 valence electrons. The van der Waals surface area contributed by atoms with Crippen LogP contribution in [0.15, 0.2) is 91.0 Å². The Morgan fingerprint density at radius 2 is 1.34 bits per heavy atom. The number of nitrogens with zero attached hydrogens (tertiary/aromatic N) is 1. The van der Waals surface area contributed by atoms with E-state index in [0.717, 1.165) is 12.1 Å². The summed E-state index contributed by atoms with van der Waals surface area (Å²) in [6.07, 6.45) is -4.90. The lowest BCUT2D eigenvalue weighted by molar-refractivity contribution is -0.170. The van der Waals surface area contributed by atoms with Crippen molar-refractivity contribution in [1.29, 1.82) is 0 Å². The number of rotatable bonds is 13. The summed E-state index contributed by atoms with van der Waals surface area (Å²) in [4.78, 5) is 68.3. The van der Waals surface area contributed by atoms with Crippen LogP contribution in [-0.4, -0.2) is 68.5 Å². The van der Waals surface area contributed by atoms with Gasteiger partial charge in [-0.2, -0.15) is 13.2 Å². The number of halogens is 3. The minimum atomic E-state index is -4.52. The topological polar surface area (TPSA) is 128 Å². The van der Waals surface area contributed by atoms with Crippen molar-refractivity contribution >= 4 is 35.4 Å². The van der Waals surface area contributed by atoms with E-state index in [2.05, 4.69) is 5.32 Å². The summed E-state index contributed by atoms with van der Waals surface area (Å²) in [6.45, 7) is 4.03. The van der Waals surface area contributed by atoms with Crippen LogP contribution in [0.3, 0.4) is 0 Å². The lowest BCUT2D eigenvalue weighted by Gasteiger charge is -2.30. The van der Waals surface area contributed by atoms with Crippen molar-refractivity contribution in [3.8, 4) is 11.1 Å². The second kappa shape index (κ2) is 17.0. The molecule has 0 heterocycles. The Morgan fingerprint density at radius 3 is 1.92 bits per heavy atom. The Hall–Kier alpha value is -5.98. The molecule has 53 heavy (non-hydrogen) atoms. The number of carbonyl (C=O) groups is 5. The predicted octanol–water partition coefficient (Wildman–Crippen LogP) is 6.78. The van der Waals surface area contributed by atoms with E-state index in [1.807, 2.05) is 0 Å². The third-order valence-corrected chi connectivity index (χ3v) is 8.31. The highest BCUT2D eigenvalue weighted by Gasteiger charge is 2.53. The first kappa shape index (κ1) is 39.8. The fourth-order valence-electron chi connectivity index (χ4n) is 5.66. The van der Waals surface area contributed by atoms with Crippen LogP contribution < -0.4 is 5.32 Å². The largest absolute Gasteiger partial charge is 0.465 e. The summed E-state index contributed by atoms with van der Waals surface area (Å²) in [5.74, 6) is -3.86. The molecule has 0 fully saturated rings. The average molecular weight is 733 g/mol. The average Bonchev–Trinajstić information content (AvgIpc) is 3.12. The molecule has 13 heteroatoms. The molecule has 10 nitrogen and oxygen atoms in total. The van der Waals surface area contributed by atoms with Crippen LogP contribution >= 0.6 is 0 Å². The van der Waals surface area contributed by atoms with Gasteiger partial charge in [0.25, 0.3) is 11.8 Å². The van der Waals surface area contributed by atoms with Crippen molar-refractivity contribution in [2.24, 2.45) is 0 Å². The number of hydrogen-bond donors (Lipinski definition) is 1. The van der Waals surface area contributed by atoms with Gasteiger partial charge in [0.05, 0.1) is 36.4 Å². The van der Waals surface area contributed by atoms with Gasteiger partial charge >= 0.3 is 24.1 Å². The van der Waals surface area contributed by atoms with Crippen LogP contribution in [0, 0.1) is 6.92 Å². The van der Waals surface area contributed by atoms with Crippen molar-refractivity contribution in [3.05, 3.63) is 124 Å². The molecule has 2 amide bonds. The smallest absolute Gasteiger partial charge is 0.416 e. The molecule has 0 aliphatic rings. The van der Waals surface area contributed by atoms with E-state index in [1.165, 1.54) is 55.4 Å². The van der Waals surface area contributed by atoms with Crippen molar-refractivity contribution in [2.45, 2.75) is 38.8 Å². The van der Waals surface area contributed by atoms with E-state index < -0.39 is 53.5 Å². The highest BCUT2D eigenvalue weighted by Crippen LogP contribution is 2.34. The molecule has 0 saturated carbocycles. The SMILES string of the molecule is CCOC(=O)C(COC(=O)Cc1ccc(NC(=O)c2ccccc2-c2ccc(C(F)(F)F)cc2)c(C(=O)N(C)C)c1)(C(=O)OCC)c1ccccc1C. The second-order valence-corrected chi connectivity index (χ2v) is 12.2. The number of hydrogen-bond acceptors (Lipinski definition) is 8. The molecular weight excluding hydrogens is 693 g/mol. The molecule has 0 aromatic heterocycles. The zero-order valence-electron chi connectivity index (χ0n) is 29.8. The number of amides is 2. The number of ether oxygens (including phenoxy) is 3. The summed E-state index contributed by atoms with van der Waals surface area (Å²) in [5.41, 5.74) is -0.776. The summed E-state index contributed by atoms with van der Waals surface area (Å²) < 4.78 is 55.6. The molecule has 0 saturated heterocycles. The van der Waals surface area contributed by atoms with Crippen molar-refractivity contribution < 1.29 is 51.4 Å². The van der Waals surface area contributed by atoms with Crippen molar-refractivity contribution in [1.82, 2.24) is 4.90 Å². The molecule has 1 N–H and O–H groups in total. The number of alkyl halides is 3. The van der Waals surface area contributed by atoms with Gasteiger partial charge < -0.3 is 24.4 Å². The normalized spacial score (nSPS) is 11.3. The maximum Gasteiger partial charge on any atom is 0.416 e. The number of aryl methyl sites for hydroxylation is 1. The van der Waals surface area contributed by atoms with Crippen LogP contribution in [0.25, 0.3) is 11.1 Å². The Labute approximate surface area is 304 Å². The fourth-order valence-corrected chi connectivity index (χ4v) is 5.66. The van der Waals surface area contributed by atoms with Crippen LogP contribution in [0.2, 0.25) is 0 Å². The molecule has 0 aliphatic carbocycles. The number of carbonyl (C=O) groups excluding carboxylic acids is 5. The van der Waals surface area contributed by atoms with Crippen LogP contribution in [0.1, 0.15) is 56.8 Å². The number of anilines is 1. The molecular formula is C40H39F3N2O8. The van der Waals surface area contributed by atoms with E-state index in [4.69, 9.17) is 14.2 Å². The highest BCUT2D eigenvalue weighted by molar-refractivity contribution is 6.12. The molecule has 4 rings (SSSR count). The van der Waals surface area contributed by atoms with Gasteiger partial charge in [0.2, 0.25) is 5.41 Å². The first-order chi connectivity index (χ1) is 25.1. The summed E-state index contributed by atoms with van der Waals surface area (Å²) in [7, 11) is 3.01. The van der Waals surface area contributed by atoms with Crippen molar-refractivity contribution in [3.63, 3.8) is 0 Å². The fraction of sp³-hybridized carbons (Fsp3) is 0.275. The molecule has 0 spiro atoms. The van der Waals surface area contributed by atoms with E-state index in [1.54, 1.807) is 63.2 Å². The maximum absolute atomic E-state index is 13.6. The minimum absolute atomic E-state index is 0.0352. The zero-order chi connectivity index (χ0) is 38.9. The third-order valence-electron chi connectivity index (χ3n) is 8.31. The molecule has 0 unspecified atom stereocenters. The summed E-state index contributed by atoms with van der Waals surface area (Å²) >= 11 is 0. The van der Waals surface area contributed by atoms with Gasteiger partial charge in [-0.15, -0.1) is 0 Å². The van der Waals surface area contributed by atoms with E-state index >= 15 is 0 Å². The van der Waals surface area contributed by atoms with E-state index in [0.29, 0.717) is 22.3 Å². The standard InChI is InChI=1S/C40H39F3N2O8/c1-6-51-37(49)39(38(50)52-7-2,32-15-11-8-12-25(32)3)24-53-34(46)23-26-16-21-33(31(22-26)36(48)45(4)5)44-35(47)30-14-10-9-13-29(30)27-17-19-28(20-18-27)40(41,42)43/h8-22H,6-7,23-24H2,1-5H3,(H,44,47). The lowest BCUT2D eigenvalue weighted by Crippen LogP contribution is -2.50. The molecule has 4 aromatic rings. The lowest BCUT2D eigenvalue weighted by atomic mass is 9.78. The van der Waals surface area contributed by atoms with Gasteiger partial charge in [0, 0.05) is 19.7 Å². The zero-order valence-corrected chi connectivity index (χ0v) is 29.8.